The Labute approximate surface area is 262 Å². The fourth-order valence-electron chi connectivity index (χ4n) is 6.28. The molecule has 206 valence electrons. The molecule has 0 aliphatic rings. The molecule has 0 aliphatic heterocycles. The summed E-state index contributed by atoms with van der Waals surface area (Å²) in [6.45, 7) is 0. The van der Waals surface area contributed by atoms with Gasteiger partial charge in [-0.1, -0.05) is 133 Å². The van der Waals surface area contributed by atoms with Crippen LogP contribution in [-0.4, -0.2) is 9.97 Å². The SMILES string of the molecule is c1ccc(-c2cccc3c2sc2c(-c4ccc(-c5ccc(-c6ncnc7c6sc6ccccc67)cc5)cc4)cccc23)cc1. The molecule has 9 rings (SSSR count). The predicted octanol–water partition coefficient (Wildman–Crippen LogP) is 11.9. The predicted molar refractivity (Wildman–Crippen MR) is 190 cm³/mol. The molecule has 2 nitrogen and oxygen atoms in total. The lowest BCUT2D eigenvalue weighted by molar-refractivity contribution is 1.24. The lowest BCUT2D eigenvalue weighted by Crippen LogP contribution is -1.87. The minimum Gasteiger partial charge on any atom is -0.235 e. The highest BCUT2D eigenvalue weighted by molar-refractivity contribution is 7.27. The molecule has 0 saturated carbocycles. The molecule has 4 heteroatoms. The van der Waals surface area contributed by atoms with E-state index >= 15 is 0 Å². The van der Waals surface area contributed by atoms with Gasteiger partial charge in [-0.25, -0.2) is 9.97 Å². The molecule has 0 aliphatic carbocycles. The molecule has 9 aromatic rings. The van der Waals surface area contributed by atoms with Crippen LogP contribution in [0.2, 0.25) is 0 Å². The van der Waals surface area contributed by atoms with E-state index in [9.17, 15) is 0 Å². The fourth-order valence-corrected chi connectivity index (χ4v) is 8.82. The van der Waals surface area contributed by atoms with E-state index in [4.69, 9.17) is 0 Å². The summed E-state index contributed by atoms with van der Waals surface area (Å²) in [6, 6.07) is 50.2. The molecular weight excluding hydrogens is 573 g/mol. The van der Waals surface area contributed by atoms with Gasteiger partial charge in [-0.3, -0.25) is 0 Å². The lowest BCUT2D eigenvalue weighted by atomic mass is 9.97. The third-order valence-electron chi connectivity index (χ3n) is 8.45. The molecular formula is C40H24N2S2. The molecule has 0 unspecified atom stereocenters. The minimum atomic E-state index is 0.991. The van der Waals surface area contributed by atoms with Crippen LogP contribution in [0.25, 0.3) is 85.1 Å². The maximum atomic E-state index is 4.68. The Kier molecular flexibility index (Phi) is 5.90. The van der Waals surface area contributed by atoms with Crippen molar-refractivity contribution in [2.24, 2.45) is 0 Å². The molecule has 0 amide bonds. The fraction of sp³-hybridized carbons (Fsp3) is 0. The summed E-state index contributed by atoms with van der Waals surface area (Å²) in [6.07, 6.45) is 1.68. The molecule has 0 bridgehead atoms. The summed E-state index contributed by atoms with van der Waals surface area (Å²) in [5.74, 6) is 0. The highest BCUT2D eigenvalue weighted by atomic mass is 32.1. The standard InChI is InChI=1S/C40H24N2S2/c1-2-8-27(9-3-1)30-11-6-13-32-33-14-7-12-31(39(33)44-38(30)32)28-20-16-25(17-21-28)26-18-22-29(23-19-26)36-40-37(42-24-41-36)34-10-4-5-15-35(34)43-40/h1-24H. The Morgan fingerprint density at radius 1 is 0.364 bits per heavy atom. The van der Waals surface area contributed by atoms with Gasteiger partial charge in [0, 0.05) is 35.8 Å². The highest BCUT2D eigenvalue weighted by Crippen LogP contribution is 2.44. The van der Waals surface area contributed by atoms with Gasteiger partial charge >= 0.3 is 0 Å². The van der Waals surface area contributed by atoms with E-state index in [1.807, 2.05) is 11.3 Å². The van der Waals surface area contributed by atoms with Crippen molar-refractivity contribution >= 4 is 63.1 Å². The van der Waals surface area contributed by atoms with Crippen molar-refractivity contribution in [1.82, 2.24) is 9.97 Å². The van der Waals surface area contributed by atoms with Crippen molar-refractivity contribution < 1.29 is 0 Å². The highest BCUT2D eigenvalue weighted by Gasteiger charge is 2.15. The monoisotopic (exact) mass is 596 g/mol. The van der Waals surface area contributed by atoms with Gasteiger partial charge in [0.15, 0.2) is 0 Å². The number of rotatable bonds is 4. The Morgan fingerprint density at radius 3 is 1.59 bits per heavy atom. The minimum absolute atomic E-state index is 0.991. The van der Waals surface area contributed by atoms with Crippen LogP contribution in [-0.2, 0) is 0 Å². The Hall–Kier alpha value is -5.16. The topological polar surface area (TPSA) is 25.8 Å². The Balaban J connectivity index is 1.07. The van der Waals surface area contributed by atoms with Crippen molar-refractivity contribution in [3.8, 4) is 44.6 Å². The van der Waals surface area contributed by atoms with Gasteiger partial charge in [-0.2, -0.15) is 0 Å². The number of fused-ring (bicyclic) bond motifs is 6. The van der Waals surface area contributed by atoms with Gasteiger partial charge in [-0.05, 0) is 39.4 Å². The van der Waals surface area contributed by atoms with Gasteiger partial charge in [0.25, 0.3) is 0 Å². The normalized spacial score (nSPS) is 11.6. The van der Waals surface area contributed by atoms with Crippen molar-refractivity contribution in [2.45, 2.75) is 0 Å². The van der Waals surface area contributed by atoms with Crippen molar-refractivity contribution in [3.63, 3.8) is 0 Å². The average Bonchev–Trinajstić information content (AvgIpc) is 3.68. The second-order valence-corrected chi connectivity index (χ2v) is 13.1. The molecule has 6 aromatic carbocycles. The quantitative estimate of drug-likeness (QED) is 0.202. The van der Waals surface area contributed by atoms with Crippen LogP contribution in [0.1, 0.15) is 0 Å². The van der Waals surface area contributed by atoms with Gasteiger partial charge in [0.1, 0.15) is 6.33 Å². The van der Waals surface area contributed by atoms with E-state index in [0.717, 1.165) is 21.5 Å². The van der Waals surface area contributed by atoms with Gasteiger partial charge in [0.05, 0.1) is 15.9 Å². The van der Waals surface area contributed by atoms with E-state index in [2.05, 4.69) is 149 Å². The first-order valence-electron chi connectivity index (χ1n) is 14.6. The zero-order chi connectivity index (χ0) is 29.0. The summed E-state index contributed by atoms with van der Waals surface area (Å²) < 4.78 is 5.05. The van der Waals surface area contributed by atoms with Crippen LogP contribution in [0.3, 0.4) is 0 Å². The van der Waals surface area contributed by atoms with Crippen LogP contribution in [0.4, 0.5) is 0 Å². The van der Waals surface area contributed by atoms with E-state index in [1.165, 1.54) is 63.6 Å². The Morgan fingerprint density at radius 2 is 0.909 bits per heavy atom. The second-order valence-electron chi connectivity index (χ2n) is 11.0. The number of aromatic nitrogens is 2. The molecule has 0 radical (unpaired) electrons. The largest absolute Gasteiger partial charge is 0.235 e. The molecule has 0 spiro atoms. The number of benzene rings is 6. The zero-order valence-corrected chi connectivity index (χ0v) is 25.2. The van der Waals surface area contributed by atoms with Crippen LogP contribution >= 0.6 is 22.7 Å². The lowest BCUT2D eigenvalue weighted by Gasteiger charge is -2.08. The molecule has 3 aromatic heterocycles. The first kappa shape index (κ1) is 25.3. The summed E-state index contributed by atoms with van der Waals surface area (Å²) >= 11 is 3.66. The Bertz CT molecular complexity index is 2470. The van der Waals surface area contributed by atoms with Crippen LogP contribution in [0.5, 0.6) is 0 Å². The zero-order valence-electron chi connectivity index (χ0n) is 23.6. The van der Waals surface area contributed by atoms with Crippen molar-refractivity contribution in [1.29, 1.82) is 0 Å². The molecule has 44 heavy (non-hydrogen) atoms. The summed E-state index contributed by atoms with van der Waals surface area (Å²) in [5.41, 5.74) is 10.6. The first-order chi connectivity index (χ1) is 21.8. The molecule has 0 N–H and O–H groups in total. The maximum Gasteiger partial charge on any atom is 0.116 e. The average molecular weight is 597 g/mol. The van der Waals surface area contributed by atoms with Crippen LogP contribution in [0.15, 0.2) is 146 Å². The van der Waals surface area contributed by atoms with E-state index in [-0.39, 0.29) is 0 Å². The van der Waals surface area contributed by atoms with Crippen molar-refractivity contribution in [3.05, 3.63) is 146 Å². The second kappa shape index (κ2) is 10.2. The number of nitrogens with zero attached hydrogens (tertiary/aromatic N) is 2. The number of hydrogen-bond acceptors (Lipinski definition) is 4. The third-order valence-corrected chi connectivity index (χ3v) is 10.9. The van der Waals surface area contributed by atoms with Crippen LogP contribution in [0, 0.1) is 0 Å². The molecule has 0 fully saturated rings. The third kappa shape index (κ3) is 4.07. The van der Waals surface area contributed by atoms with E-state index < -0.39 is 0 Å². The summed E-state index contributed by atoms with van der Waals surface area (Å²) in [5, 5.41) is 3.83. The number of hydrogen-bond donors (Lipinski definition) is 0. The molecule has 3 heterocycles. The molecule has 0 atom stereocenters. The van der Waals surface area contributed by atoms with Crippen LogP contribution < -0.4 is 0 Å². The first-order valence-corrected chi connectivity index (χ1v) is 16.3. The maximum absolute atomic E-state index is 4.68. The van der Waals surface area contributed by atoms with Gasteiger partial charge < -0.3 is 0 Å². The smallest absolute Gasteiger partial charge is 0.116 e. The van der Waals surface area contributed by atoms with E-state index in [1.54, 1.807) is 17.7 Å². The van der Waals surface area contributed by atoms with Gasteiger partial charge in [0.2, 0.25) is 0 Å². The van der Waals surface area contributed by atoms with Gasteiger partial charge in [-0.15, -0.1) is 22.7 Å². The number of thiophene rings is 2. The van der Waals surface area contributed by atoms with Crippen molar-refractivity contribution in [2.75, 3.05) is 0 Å². The van der Waals surface area contributed by atoms with E-state index in [0.29, 0.717) is 0 Å². The molecule has 0 saturated heterocycles. The summed E-state index contributed by atoms with van der Waals surface area (Å²) in [4.78, 5) is 9.29. The summed E-state index contributed by atoms with van der Waals surface area (Å²) in [7, 11) is 0.